The van der Waals surface area contributed by atoms with Crippen molar-refractivity contribution in [3.8, 4) is 0 Å². The number of hydrogen-bond donors (Lipinski definition) is 2. The van der Waals surface area contributed by atoms with Gasteiger partial charge in [-0.15, -0.1) is 12.4 Å². The van der Waals surface area contributed by atoms with Crippen molar-refractivity contribution in [3.63, 3.8) is 0 Å². The Morgan fingerprint density at radius 3 is 2.61 bits per heavy atom. The molecule has 2 unspecified atom stereocenters. The van der Waals surface area contributed by atoms with Gasteiger partial charge in [0.25, 0.3) is 0 Å². The summed E-state index contributed by atoms with van der Waals surface area (Å²) in [5.74, 6) is -2.15. The molecular weight excluding hydrogens is 324 g/mol. The molecule has 3 N–H and O–H groups in total. The first-order valence-corrected chi connectivity index (χ1v) is 7.46. The van der Waals surface area contributed by atoms with E-state index in [2.05, 4.69) is 24.1 Å². The average Bonchev–Trinajstić information content (AvgIpc) is 2.45. The van der Waals surface area contributed by atoms with Gasteiger partial charge < -0.3 is 11.1 Å². The maximum atomic E-state index is 13.2. The number of piperidine rings is 1. The summed E-state index contributed by atoms with van der Waals surface area (Å²) in [5, 5.41) is 2.63. The molecule has 7 heteroatoms. The molecule has 0 saturated carbocycles. The summed E-state index contributed by atoms with van der Waals surface area (Å²) in [6.07, 6.45) is 0.829. The zero-order chi connectivity index (χ0) is 16.5. The summed E-state index contributed by atoms with van der Waals surface area (Å²) in [6.45, 7) is 7.45. The third kappa shape index (κ3) is 4.62. The Labute approximate surface area is 141 Å². The van der Waals surface area contributed by atoms with E-state index in [4.69, 9.17) is 5.73 Å². The van der Waals surface area contributed by atoms with Crippen LogP contribution < -0.4 is 11.1 Å². The van der Waals surface area contributed by atoms with Gasteiger partial charge in [0.05, 0.1) is 6.04 Å². The van der Waals surface area contributed by atoms with Crippen LogP contribution in [0.5, 0.6) is 0 Å². The quantitative estimate of drug-likeness (QED) is 0.884. The number of nitrogens with one attached hydrogen (secondary N) is 1. The monoisotopic (exact) mass is 347 g/mol. The van der Waals surface area contributed by atoms with Crippen molar-refractivity contribution in [2.75, 3.05) is 18.4 Å². The van der Waals surface area contributed by atoms with Crippen LogP contribution in [0.15, 0.2) is 18.2 Å². The molecule has 1 heterocycles. The molecule has 0 aromatic heterocycles. The van der Waals surface area contributed by atoms with Crippen molar-refractivity contribution < 1.29 is 13.6 Å². The van der Waals surface area contributed by atoms with Crippen LogP contribution in [0.4, 0.5) is 14.5 Å². The highest BCUT2D eigenvalue weighted by molar-refractivity contribution is 5.94. The predicted octanol–water partition coefficient (Wildman–Crippen LogP) is 2.77. The van der Waals surface area contributed by atoms with Crippen LogP contribution >= 0.6 is 12.4 Å². The Morgan fingerprint density at radius 2 is 2.04 bits per heavy atom. The smallest absolute Gasteiger partial charge is 0.241 e. The van der Waals surface area contributed by atoms with Crippen molar-refractivity contribution in [2.24, 2.45) is 11.1 Å². The van der Waals surface area contributed by atoms with E-state index >= 15 is 0 Å². The van der Waals surface area contributed by atoms with Gasteiger partial charge in [0, 0.05) is 30.9 Å². The lowest BCUT2D eigenvalue weighted by Gasteiger charge is -2.44. The molecule has 1 fully saturated rings. The molecule has 1 amide bonds. The fourth-order valence-electron chi connectivity index (χ4n) is 2.73. The van der Waals surface area contributed by atoms with Crippen molar-refractivity contribution in [3.05, 3.63) is 29.8 Å². The highest BCUT2D eigenvalue weighted by atomic mass is 35.5. The van der Waals surface area contributed by atoms with E-state index in [0.29, 0.717) is 0 Å². The first kappa shape index (κ1) is 19.8. The second-order valence-corrected chi connectivity index (χ2v) is 6.65. The van der Waals surface area contributed by atoms with Crippen LogP contribution in [0.1, 0.15) is 27.2 Å². The van der Waals surface area contributed by atoms with Crippen LogP contribution in [0.3, 0.4) is 0 Å². The van der Waals surface area contributed by atoms with Crippen molar-refractivity contribution in [1.29, 1.82) is 0 Å². The normalized spacial score (nSPS) is 22.1. The number of nitrogens with two attached hydrogens (primary N) is 1. The summed E-state index contributed by atoms with van der Waals surface area (Å²) < 4.78 is 26.1. The number of rotatable bonds is 3. The zero-order valence-corrected chi connectivity index (χ0v) is 14.4. The lowest BCUT2D eigenvalue weighted by molar-refractivity contribution is -0.122. The number of carbonyl (C=O) groups excluding carboxylic acids is 1. The highest BCUT2D eigenvalue weighted by Crippen LogP contribution is 2.29. The second-order valence-electron chi connectivity index (χ2n) is 6.65. The highest BCUT2D eigenvalue weighted by Gasteiger charge is 2.36. The molecule has 0 radical (unpaired) electrons. The van der Waals surface area contributed by atoms with Gasteiger partial charge >= 0.3 is 0 Å². The van der Waals surface area contributed by atoms with Crippen molar-refractivity contribution in [1.82, 2.24) is 4.90 Å². The molecule has 1 aliphatic heterocycles. The molecule has 1 aromatic rings. The van der Waals surface area contributed by atoms with E-state index in [9.17, 15) is 13.6 Å². The minimum atomic E-state index is -0.976. The van der Waals surface area contributed by atoms with Gasteiger partial charge in [-0.2, -0.15) is 0 Å². The lowest BCUT2D eigenvalue weighted by atomic mass is 9.79. The molecule has 2 rings (SSSR count). The van der Waals surface area contributed by atoms with Gasteiger partial charge in [-0.3, -0.25) is 9.69 Å². The number of likely N-dealkylation sites (tertiary alicyclic amines) is 1. The largest absolute Gasteiger partial charge is 0.327 e. The Balaban J connectivity index is 0.00000264. The predicted molar refractivity (Wildman–Crippen MR) is 89.6 cm³/mol. The fraction of sp³-hybridized carbons (Fsp3) is 0.562. The first-order valence-electron chi connectivity index (χ1n) is 7.46. The maximum Gasteiger partial charge on any atom is 0.241 e. The van der Waals surface area contributed by atoms with E-state index in [1.165, 1.54) is 6.07 Å². The van der Waals surface area contributed by atoms with Gasteiger partial charge in [0.2, 0.25) is 5.91 Å². The number of benzene rings is 1. The van der Waals surface area contributed by atoms with Crippen LogP contribution in [-0.4, -0.2) is 36.0 Å². The number of anilines is 1. The topological polar surface area (TPSA) is 58.4 Å². The van der Waals surface area contributed by atoms with Crippen LogP contribution in [0.2, 0.25) is 0 Å². The molecule has 130 valence electrons. The number of carbonyl (C=O) groups is 1. The summed E-state index contributed by atoms with van der Waals surface area (Å²) in [4.78, 5) is 14.4. The van der Waals surface area contributed by atoms with Gasteiger partial charge in [-0.1, -0.05) is 13.8 Å². The van der Waals surface area contributed by atoms with Gasteiger partial charge in [0.15, 0.2) is 11.6 Å². The molecule has 4 nitrogen and oxygen atoms in total. The van der Waals surface area contributed by atoms with Crippen LogP contribution in [0.25, 0.3) is 0 Å². The summed E-state index contributed by atoms with van der Waals surface area (Å²) in [7, 11) is 0. The zero-order valence-electron chi connectivity index (χ0n) is 13.6. The van der Waals surface area contributed by atoms with E-state index in [1.54, 1.807) is 0 Å². The first-order chi connectivity index (χ1) is 10.2. The van der Waals surface area contributed by atoms with E-state index in [1.807, 2.05) is 6.92 Å². The van der Waals surface area contributed by atoms with E-state index in [-0.39, 0.29) is 41.5 Å². The number of amides is 1. The van der Waals surface area contributed by atoms with Gasteiger partial charge in [0.1, 0.15) is 0 Å². The molecule has 23 heavy (non-hydrogen) atoms. The lowest BCUT2D eigenvalue weighted by Crippen LogP contribution is -2.56. The summed E-state index contributed by atoms with van der Waals surface area (Å²) in [5.41, 5.74) is 6.29. The van der Waals surface area contributed by atoms with E-state index < -0.39 is 11.6 Å². The molecule has 0 bridgehead atoms. The Hall–Kier alpha value is -1.24. The Morgan fingerprint density at radius 1 is 1.39 bits per heavy atom. The SMILES string of the molecule is CC(C(=O)Nc1ccc(F)c(F)c1)N1CCC(N)C(C)(C)C1.Cl. The molecular formula is C16H24ClF2N3O. The van der Waals surface area contributed by atoms with Crippen molar-refractivity contribution >= 4 is 24.0 Å². The molecule has 1 aliphatic rings. The third-order valence-electron chi connectivity index (χ3n) is 4.46. The minimum absolute atomic E-state index is 0. The number of nitrogens with zero attached hydrogens (tertiary/aromatic N) is 1. The number of halogens is 3. The van der Waals surface area contributed by atoms with Crippen LogP contribution in [0, 0.1) is 17.0 Å². The van der Waals surface area contributed by atoms with Gasteiger partial charge in [-0.25, -0.2) is 8.78 Å². The molecule has 1 saturated heterocycles. The fourth-order valence-corrected chi connectivity index (χ4v) is 2.73. The van der Waals surface area contributed by atoms with Gasteiger partial charge in [-0.05, 0) is 30.9 Å². The average molecular weight is 348 g/mol. The molecule has 0 spiro atoms. The maximum absolute atomic E-state index is 13.2. The summed E-state index contributed by atoms with van der Waals surface area (Å²) in [6, 6.07) is 3.08. The Bertz CT molecular complexity index is 568. The van der Waals surface area contributed by atoms with E-state index in [0.717, 1.165) is 31.6 Å². The minimum Gasteiger partial charge on any atom is -0.327 e. The van der Waals surface area contributed by atoms with Crippen molar-refractivity contribution in [2.45, 2.75) is 39.3 Å². The summed E-state index contributed by atoms with van der Waals surface area (Å²) >= 11 is 0. The number of hydrogen-bond acceptors (Lipinski definition) is 3. The Kier molecular flexibility index (Phi) is 6.50. The third-order valence-corrected chi connectivity index (χ3v) is 4.46. The van der Waals surface area contributed by atoms with Crippen LogP contribution in [-0.2, 0) is 4.79 Å². The molecule has 1 aromatic carbocycles. The molecule has 0 aliphatic carbocycles. The molecule has 2 atom stereocenters. The standard InChI is InChI=1S/C16H23F2N3O.ClH/c1-10(21-7-6-14(19)16(2,3)9-21)15(22)20-11-4-5-12(17)13(18)8-11;/h4-5,8,10,14H,6-7,9,19H2,1-3H3,(H,20,22);1H. The second kappa shape index (κ2) is 7.55.